The second kappa shape index (κ2) is 6.60. The quantitative estimate of drug-likeness (QED) is 0.789. The first-order chi connectivity index (χ1) is 11.4. The SMILES string of the molecule is CN1CCC(NC(=O)Cc2c[nH]c3cc(F)ccc23)C(C(=O)O)C1. The van der Waals surface area contributed by atoms with Crippen LogP contribution in [0.15, 0.2) is 24.4 Å². The third-order valence-electron chi connectivity index (χ3n) is 4.56. The van der Waals surface area contributed by atoms with Crippen LogP contribution < -0.4 is 5.32 Å². The first-order valence-electron chi connectivity index (χ1n) is 7.90. The number of aromatic nitrogens is 1. The zero-order valence-electron chi connectivity index (χ0n) is 13.4. The summed E-state index contributed by atoms with van der Waals surface area (Å²) in [6, 6.07) is 4.01. The number of carboxylic acid groups (broad SMARTS) is 1. The number of nitrogens with zero attached hydrogens (tertiary/aromatic N) is 1. The van der Waals surface area contributed by atoms with Gasteiger partial charge in [0.15, 0.2) is 0 Å². The zero-order chi connectivity index (χ0) is 17.3. The Morgan fingerprint density at radius 3 is 3.00 bits per heavy atom. The average Bonchev–Trinajstić information content (AvgIpc) is 2.90. The first-order valence-corrected chi connectivity index (χ1v) is 7.90. The number of piperidine rings is 1. The minimum absolute atomic E-state index is 0.129. The highest BCUT2D eigenvalue weighted by Crippen LogP contribution is 2.21. The number of hydrogen-bond acceptors (Lipinski definition) is 3. The molecule has 0 saturated carbocycles. The van der Waals surface area contributed by atoms with Gasteiger partial charge in [-0.3, -0.25) is 9.59 Å². The molecule has 24 heavy (non-hydrogen) atoms. The first kappa shape index (κ1) is 16.4. The lowest BCUT2D eigenvalue weighted by atomic mass is 9.92. The van der Waals surface area contributed by atoms with Crippen LogP contribution in [-0.4, -0.2) is 53.0 Å². The average molecular weight is 333 g/mol. The van der Waals surface area contributed by atoms with Crippen LogP contribution in [0, 0.1) is 11.7 Å². The van der Waals surface area contributed by atoms with Crippen molar-refractivity contribution in [2.24, 2.45) is 5.92 Å². The van der Waals surface area contributed by atoms with Crippen LogP contribution in [0.3, 0.4) is 0 Å². The van der Waals surface area contributed by atoms with Crippen molar-refractivity contribution in [3.8, 4) is 0 Å². The van der Waals surface area contributed by atoms with E-state index in [2.05, 4.69) is 10.3 Å². The third-order valence-corrected chi connectivity index (χ3v) is 4.56. The summed E-state index contributed by atoms with van der Waals surface area (Å²) in [4.78, 5) is 28.6. The second-order valence-electron chi connectivity index (χ2n) is 6.35. The summed E-state index contributed by atoms with van der Waals surface area (Å²) >= 11 is 0. The number of aromatic amines is 1. The summed E-state index contributed by atoms with van der Waals surface area (Å²) in [5, 5.41) is 13.0. The topological polar surface area (TPSA) is 85.4 Å². The summed E-state index contributed by atoms with van der Waals surface area (Å²) in [7, 11) is 1.87. The van der Waals surface area contributed by atoms with E-state index in [1.165, 1.54) is 12.1 Å². The molecule has 1 aromatic heterocycles. The molecular weight excluding hydrogens is 313 g/mol. The lowest BCUT2D eigenvalue weighted by Gasteiger charge is -2.34. The molecule has 128 valence electrons. The Kier molecular flexibility index (Phi) is 4.53. The van der Waals surface area contributed by atoms with Crippen LogP contribution >= 0.6 is 0 Å². The predicted octanol–water partition coefficient (Wildman–Crippen LogP) is 1.37. The molecule has 3 N–H and O–H groups in total. The van der Waals surface area contributed by atoms with Crippen molar-refractivity contribution >= 4 is 22.8 Å². The highest BCUT2D eigenvalue weighted by atomic mass is 19.1. The van der Waals surface area contributed by atoms with Gasteiger partial charge < -0.3 is 20.3 Å². The number of hydrogen-bond donors (Lipinski definition) is 3. The van der Waals surface area contributed by atoms with E-state index in [1.54, 1.807) is 12.3 Å². The van der Waals surface area contributed by atoms with Crippen molar-refractivity contribution in [1.29, 1.82) is 0 Å². The Hall–Kier alpha value is -2.41. The Labute approximate surface area is 138 Å². The van der Waals surface area contributed by atoms with Crippen LogP contribution in [0.2, 0.25) is 0 Å². The number of likely N-dealkylation sites (tertiary alicyclic amines) is 1. The molecule has 2 aromatic rings. The molecule has 1 amide bonds. The molecule has 1 aliphatic heterocycles. The van der Waals surface area contributed by atoms with Gasteiger partial charge in [0.25, 0.3) is 0 Å². The molecule has 1 aliphatic rings. The van der Waals surface area contributed by atoms with Crippen LogP contribution in [0.1, 0.15) is 12.0 Å². The van der Waals surface area contributed by atoms with E-state index in [1.807, 2.05) is 11.9 Å². The fourth-order valence-corrected chi connectivity index (χ4v) is 3.27. The lowest BCUT2D eigenvalue weighted by Crippen LogP contribution is -2.52. The van der Waals surface area contributed by atoms with E-state index in [0.29, 0.717) is 18.5 Å². The van der Waals surface area contributed by atoms with E-state index < -0.39 is 11.9 Å². The molecule has 1 saturated heterocycles. The fraction of sp³-hybridized carbons (Fsp3) is 0.412. The molecule has 1 fully saturated rings. The number of halogens is 1. The van der Waals surface area contributed by atoms with Gasteiger partial charge >= 0.3 is 5.97 Å². The standard InChI is InChI=1S/C17H20FN3O3/c1-21-5-4-14(13(9-21)17(23)24)20-16(22)6-10-8-19-15-7-11(18)2-3-12(10)15/h2-3,7-8,13-14,19H,4-6,9H2,1H3,(H,20,22)(H,23,24). The number of rotatable bonds is 4. The summed E-state index contributed by atoms with van der Waals surface area (Å²) in [5.41, 5.74) is 1.41. The maximum Gasteiger partial charge on any atom is 0.309 e. The number of nitrogens with one attached hydrogen (secondary N) is 2. The highest BCUT2D eigenvalue weighted by molar-refractivity contribution is 5.89. The fourth-order valence-electron chi connectivity index (χ4n) is 3.27. The number of benzene rings is 1. The number of amides is 1. The largest absolute Gasteiger partial charge is 0.481 e. The van der Waals surface area contributed by atoms with Crippen molar-refractivity contribution in [1.82, 2.24) is 15.2 Å². The van der Waals surface area contributed by atoms with Gasteiger partial charge in [-0.1, -0.05) is 0 Å². The van der Waals surface area contributed by atoms with Gasteiger partial charge in [0.2, 0.25) is 5.91 Å². The molecule has 0 aliphatic carbocycles. The number of aliphatic carboxylic acids is 1. The van der Waals surface area contributed by atoms with E-state index in [9.17, 15) is 19.1 Å². The van der Waals surface area contributed by atoms with Crippen LogP contribution in [-0.2, 0) is 16.0 Å². The monoisotopic (exact) mass is 333 g/mol. The van der Waals surface area contributed by atoms with Gasteiger partial charge in [-0.05, 0) is 43.8 Å². The van der Waals surface area contributed by atoms with Crippen LogP contribution in [0.5, 0.6) is 0 Å². The summed E-state index contributed by atoms with van der Waals surface area (Å²) in [5.74, 6) is -2.06. The van der Waals surface area contributed by atoms with Gasteiger partial charge in [0, 0.05) is 29.7 Å². The number of carbonyl (C=O) groups excluding carboxylic acids is 1. The van der Waals surface area contributed by atoms with Gasteiger partial charge in [0.05, 0.1) is 12.3 Å². The molecule has 7 heteroatoms. The Morgan fingerprint density at radius 1 is 1.46 bits per heavy atom. The van der Waals surface area contributed by atoms with Crippen molar-refractivity contribution in [2.75, 3.05) is 20.1 Å². The van der Waals surface area contributed by atoms with Gasteiger partial charge in [-0.2, -0.15) is 0 Å². The number of carboxylic acids is 1. The predicted molar refractivity (Wildman–Crippen MR) is 87.1 cm³/mol. The van der Waals surface area contributed by atoms with Crippen molar-refractivity contribution in [3.05, 3.63) is 35.8 Å². The number of fused-ring (bicyclic) bond motifs is 1. The van der Waals surface area contributed by atoms with Crippen molar-refractivity contribution in [2.45, 2.75) is 18.9 Å². The molecule has 6 nitrogen and oxygen atoms in total. The Bertz CT molecular complexity index is 774. The lowest BCUT2D eigenvalue weighted by molar-refractivity contribution is -0.144. The number of H-pyrrole nitrogens is 1. The summed E-state index contributed by atoms with van der Waals surface area (Å²) in [6.45, 7) is 1.17. The Morgan fingerprint density at radius 2 is 2.25 bits per heavy atom. The molecular formula is C17H20FN3O3. The molecule has 1 aromatic carbocycles. The van der Waals surface area contributed by atoms with Gasteiger partial charge in [-0.25, -0.2) is 4.39 Å². The minimum Gasteiger partial charge on any atom is -0.481 e. The normalized spacial score (nSPS) is 21.8. The highest BCUT2D eigenvalue weighted by Gasteiger charge is 2.34. The maximum absolute atomic E-state index is 13.2. The molecule has 2 atom stereocenters. The van der Waals surface area contributed by atoms with E-state index in [4.69, 9.17) is 0 Å². The molecule has 2 unspecified atom stereocenters. The molecule has 2 heterocycles. The minimum atomic E-state index is -0.894. The maximum atomic E-state index is 13.2. The van der Waals surface area contributed by atoms with E-state index in [0.717, 1.165) is 17.5 Å². The van der Waals surface area contributed by atoms with Crippen molar-refractivity contribution in [3.63, 3.8) is 0 Å². The smallest absolute Gasteiger partial charge is 0.309 e. The van der Waals surface area contributed by atoms with Gasteiger partial charge in [-0.15, -0.1) is 0 Å². The third kappa shape index (κ3) is 3.41. The van der Waals surface area contributed by atoms with Crippen LogP contribution in [0.25, 0.3) is 10.9 Å². The summed E-state index contributed by atoms with van der Waals surface area (Å²) < 4.78 is 13.2. The Balaban J connectivity index is 1.69. The van der Waals surface area contributed by atoms with Crippen LogP contribution in [0.4, 0.5) is 4.39 Å². The second-order valence-corrected chi connectivity index (χ2v) is 6.35. The van der Waals surface area contributed by atoms with E-state index in [-0.39, 0.29) is 24.2 Å². The van der Waals surface area contributed by atoms with Gasteiger partial charge in [0.1, 0.15) is 5.82 Å². The van der Waals surface area contributed by atoms with Crippen molar-refractivity contribution < 1.29 is 19.1 Å². The molecule has 0 bridgehead atoms. The molecule has 0 spiro atoms. The molecule has 0 radical (unpaired) electrons. The summed E-state index contributed by atoms with van der Waals surface area (Å²) in [6.07, 6.45) is 2.43. The zero-order valence-corrected chi connectivity index (χ0v) is 13.4. The van der Waals surface area contributed by atoms with E-state index >= 15 is 0 Å². The molecule has 3 rings (SSSR count). The number of carbonyl (C=O) groups is 2.